The molecule has 0 aromatic carbocycles. The lowest BCUT2D eigenvalue weighted by molar-refractivity contribution is 0.188. The van der Waals surface area contributed by atoms with Crippen LogP contribution in [0.4, 0.5) is 5.95 Å². The van der Waals surface area contributed by atoms with Crippen LogP contribution in [0.15, 0.2) is 12.4 Å². The lowest BCUT2D eigenvalue weighted by Crippen LogP contribution is -2.11. The Labute approximate surface area is 78.0 Å². The predicted octanol–water partition coefficient (Wildman–Crippen LogP) is 0.968. The van der Waals surface area contributed by atoms with Crippen LogP contribution in [-0.4, -0.2) is 27.7 Å². The van der Waals surface area contributed by atoms with E-state index in [1.165, 1.54) is 0 Å². The first-order chi connectivity index (χ1) is 6.18. The van der Waals surface area contributed by atoms with Gasteiger partial charge in [0.25, 0.3) is 0 Å². The molecule has 2 N–H and O–H groups in total. The molecular formula is C9H15N3O. The number of nitrogens with zero attached hydrogens (tertiary/aromatic N) is 2. The molecule has 4 heteroatoms. The molecular weight excluding hydrogens is 166 g/mol. The van der Waals surface area contributed by atoms with Crippen LogP contribution >= 0.6 is 0 Å². The fourth-order valence-electron chi connectivity index (χ4n) is 0.877. The average molecular weight is 181 g/mol. The molecule has 0 aliphatic heterocycles. The molecule has 0 bridgehead atoms. The molecule has 4 nitrogen and oxygen atoms in total. The third-order valence-corrected chi connectivity index (χ3v) is 1.63. The average Bonchev–Trinajstić information content (AvgIpc) is 2.08. The summed E-state index contributed by atoms with van der Waals surface area (Å²) in [6, 6.07) is 0. The summed E-state index contributed by atoms with van der Waals surface area (Å²) in [5, 5.41) is 12.0. The van der Waals surface area contributed by atoms with Crippen LogP contribution in [0, 0.1) is 6.92 Å². The molecule has 72 valence electrons. The molecule has 0 unspecified atom stereocenters. The number of aliphatic hydroxyl groups excluding tert-OH is 1. The van der Waals surface area contributed by atoms with Gasteiger partial charge in [0.2, 0.25) is 5.95 Å². The smallest absolute Gasteiger partial charge is 0.222 e. The molecule has 0 fully saturated rings. The van der Waals surface area contributed by atoms with Crippen LogP contribution in [0.1, 0.15) is 18.9 Å². The van der Waals surface area contributed by atoms with E-state index in [0.717, 1.165) is 5.56 Å². The number of aliphatic hydroxyl groups is 1. The molecule has 0 spiro atoms. The summed E-state index contributed by atoms with van der Waals surface area (Å²) >= 11 is 0. The normalized spacial score (nSPS) is 12.5. The van der Waals surface area contributed by atoms with Crippen molar-refractivity contribution in [2.24, 2.45) is 0 Å². The van der Waals surface area contributed by atoms with Gasteiger partial charge in [0.05, 0.1) is 6.10 Å². The third kappa shape index (κ3) is 3.85. The Hall–Kier alpha value is -1.16. The Balaban J connectivity index is 2.33. The number of rotatable bonds is 4. The number of hydrogen-bond donors (Lipinski definition) is 2. The fraction of sp³-hybridized carbons (Fsp3) is 0.556. The first-order valence-corrected chi connectivity index (χ1v) is 4.39. The highest BCUT2D eigenvalue weighted by Crippen LogP contribution is 1.99. The second-order valence-electron chi connectivity index (χ2n) is 3.15. The molecule has 0 radical (unpaired) electrons. The minimum atomic E-state index is -0.280. The summed E-state index contributed by atoms with van der Waals surface area (Å²) in [5.41, 5.74) is 1.04. The van der Waals surface area contributed by atoms with E-state index >= 15 is 0 Å². The van der Waals surface area contributed by atoms with E-state index in [4.69, 9.17) is 5.11 Å². The van der Waals surface area contributed by atoms with Crippen LogP contribution < -0.4 is 5.32 Å². The summed E-state index contributed by atoms with van der Waals surface area (Å²) < 4.78 is 0. The molecule has 1 rings (SSSR count). The van der Waals surface area contributed by atoms with Crippen LogP contribution in [0.3, 0.4) is 0 Å². The van der Waals surface area contributed by atoms with Gasteiger partial charge in [-0.05, 0) is 25.8 Å². The minimum absolute atomic E-state index is 0.280. The second kappa shape index (κ2) is 4.77. The molecule has 1 atom stereocenters. The van der Waals surface area contributed by atoms with Gasteiger partial charge in [0.15, 0.2) is 0 Å². The van der Waals surface area contributed by atoms with Crippen LogP contribution in [0.25, 0.3) is 0 Å². The largest absolute Gasteiger partial charge is 0.393 e. The first kappa shape index (κ1) is 9.92. The highest BCUT2D eigenvalue weighted by molar-refractivity contribution is 5.23. The van der Waals surface area contributed by atoms with Crippen molar-refractivity contribution in [1.29, 1.82) is 0 Å². The number of nitrogens with one attached hydrogen (secondary N) is 1. The van der Waals surface area contributed by atoms with Gasteiger partial charge in [0.1, 0.15) is 0 Å². The van der Waals surface area contributed by atoms with E-state index in [-0.39, 0.29) is 6.10 Å². The number of aryl methyl sites for hydroxylation is 1. The van der Waals surface area contributed by atoms with Gasteiger partial charge in [0, 0.05) is 18.9 Å². The molecule has 1 aromatic heterocycles. The van der Waals surface area contributed by atoms with Gasteiger partial charge >= 0.3 is 0 Å². The lowest BCUT2D eigenvalue weighted by atomic mass is 10.3. The van der Waals surface area contributed by atoms with Crippen molar-refractivity contribution < 1.29 is 5.11 Å². The second-order valence-corrected chi connectivity index (χ2v) is 3.15. The quantitative estimate of drug-likeness (QED) is 0.726. The molecule has 1 aromatic rings. The van der Waals surface area contributed by atoms with E-state index in [2.05, 4.69) is 15.3 Å². The number of aromatic nitrogens is 2. The van der Waals surface area contributed by atoms with Gasteiger partial charge in [-0.2, -0.15) is 0 Å². The zero-order chi connectivity index (χ0) is 9.68. The van der Waals surface area contributed by atoms with Gasteiger partial charge in [-0.3, -0.25) is 0 Å². The fourth-order valence-corrected chi connectivity index (χ4v) is 0.877. The summed E-state index contributed by atoms with van der Waals surface area (Å²) in [6.45, 7) is 4.40. The van der Waals surface area contributed by atoms with Crippen molar-refractivity contribution in [3.8, 4) is 0 Å². The summed E-state index contributed by atoms with van der Waals surface area (Å²) in [5.74, 6) is 0.617. The molecule has 13 heavy (non-hydrogen) atoms. The Morgan fingerprint density at radius 3 is 2.62 bits per heavy atom. The molecule has 0 amide bonds. The topological polar surface area (TPSA) is 58.0 Å². The zero-order valence-corrected chi connectivity index (χ0v) is 7.99. The zero-order valence-electron chi connectivity index (χ0n) is 7.99. The van der Waals surface area contributed by atoms with Gasteiger partial charge < -0.3 is 10.4 Å². The van der Waals surface area contributed by atoms with Crippen molar-refractivity contribution in [2.75, 3.05) is 11.9 Å². The molecule has 0 aliphatic rings. The number of hydrogen-bond acceptors (Lipinski definition) is 4. The van der Waals surface area contributed by atoms with E-state index in [9.17, 15) is 0 Å². The monoisotopic (exact) mass is 181 g/mol. The van der Waals surface area contributed by atoms with Crippen LogP contribution in [0.2, 0.25) is 0 Å². The molecule has 0 saturated carbocycles. The highest BCUT2D eigenvalue weighted by Gasteiger charge is 1.96. The first-order valence-electron chi connectivity index (χ1n) is 4.39. The van der Waals surface area contributed by atoms with Crippen LogP contribution in [0.5, 0.6) is 0 Å². The van der Waals surface area contributed by atoms with E-state index in [0.29, 0.717) is 18.9 Å². The maximum atomic E-state index is 8.99. The Morgan fingerprint density at radius 2 is 2.08 bits per heavy atom. The third-order valence-electron chi connectivity index (χ3n) is 1.63. The van der Waals surface area contributed by atoms with Crippen molar-refractivity contribution in [3.05, 3.63) is 18.0 Å². The standard InChI is InChI=1S/C9H15N3O/c1-7-5-11-9(12-6-7)10-4-3-8(2)13/h5-6,8,13H,3-4H2,1-2H3,(H,10,11,12)/t8-/m1/s1. The summed E-state index contributed by atoms with van der Waals surface area (Å²) in [7, 11) is 0. The van der Waals surface area contributed by atoms with E-state index in [1.54, 1.807) is 19.3 Å². The summed E-state index contributed by atoms with van der Waals surface area (Å²) in [4.78, 5) is 8.14. The van der Waals surface area contributed by atoms with E-state index in [1.807, 2.05) is 6.92 Å². The Bertz CT molecular complexity index is 246. The maximum Gasteiger partial charge on any atom is 0.222 e. The molecule has 0 aliphatic carbocycles. The Morgan fingerprint density at radius 1 is 1.46 bits per heavy atom. The molecule has 1 heterocycles. The van der Waals surface area contributed by atoms with Gasteiger partial charge in [-0.1, -0.05) is 0 Å². The van der Waals surface area contributed by atoms with Crippen molar-refractivity contribution in [3.63, 3.8) is 0 Å². The summed E-state index contributed by atoms with van der Waals surface area (Å²) in [6.07, 6.45) is 3.95. The lowest BCUT2D eigenvalue weighted by Gasteiger charge is -2.05. The van der Waals surface area contributed by atoms with Gasteiger partial charge in [-0.15, -0.1) is 0 Å². The van der Waals surface area contributed by atoms with Crippen molar-refractivity contribution in [2.45, 2.75) is 26.4 Å². The SMILES string of the molecule is Cc1cnc(NCC[C@@H](C)O)nc1. The van der Waals surface area contributed by atoms with Gasteiger partial charge in [-0.25, -0.2) is 9.97 Å². The number of anilines is 1. The van der Waals surface area contributed by atoms with Crippen molar-refractivity contribution >= 4 is 5.95 Å². The maximum absolute atomic E-state index is 8.99. The van der Waals surface area contributed by atoms with E-state index < -0.39 is 0 Å². The van der Waals surface area contributed by atoms with Crippen LogP contribution in [-0.2, 0) is 0 Å². The van der Waals surface area contributed by atoms with Crippen molar-refractivity contribution in [1.82, 2.24) is 9.97 Å². The molecule has 0 saturated heterocycles. The highest BCUT2D eigenvalue weighted by atomic mass is 16.3. The minimum Gasteiger partial charge on any atom is -0.393 e. The predicted molar refractivity (Wildman–Crippen MR) is 51.6 cm³/mol. The Kier molecular flexibility index (Phi) is 3.64.